The number of carbonyl (C=O) groups is 2. The number of hydrogen-bond acceptors (Lipinski definition) is 5. The lowest BCUT2D eigenvalue weighted by Crippen LogP contribution is -2.52. The van der Waals surface area contributed by atoms with Gasteiger partial charge < -0.3 is 15.3 Å². The summed E-state index contributed by atoms with van der Waals surface area (Å²) < 4.78 is 15.6. The van der Waals surface area contributed by atoms with Crippen LogP contribution in [0.2, 0.25) is 0 Å². The lowest BCUT2D eigenvalue weighted by Gasteiger charge is -2.37. The summed E-state index contributed by atoms with van der Waals surface area (Å²) in [6, 6.07) is 16.7. The van der Waals surface area contributed by atoms with Crippen LogP contribution in [-0.2, 0) is 0 Å². The van der Waals surface area contributed by atoms with Crippen LogP contribution in [0.4, 0.5) is 20.6 Å². The molecule has 2 N–H and O–H groups in total. The van der Waals surface area contributed by atoms with E-state index in [0.29, 0.717) is 50.7 Å². The number of anilines is 2. The summed E-state index contributed by atoms with van der Waals surface area (Å²) in [6.07, 6.45) is -0.496. The molecule has 10 heteroatoms. The molecule has 4 aromatic rings. The number of carboxylic acid groups (broad SMARTS) is 1. The quantitative estimate of drug-likeness (QED) is 0.300. The van der Waals surface area contributed by atoms with E-state index in [4.69, 9.17) is 0 Å². The molecular formula is C30H31FN4O4S. The Morgan fingerprint density at radius 1 is 1.10 bits per heavy atom. The second-order valence-electron chi connectivity index (χ2n) is 11.0. The molecule has 208 valence electrons. The summed E-state index contributed by atoms with van der Waals surface area (Å²) in [5.74, 6) is -0.587. The zero-order valence-electron chi connectivity index (χ0n) is 22.8. The minimum Gasteiger partial charge on any atom is -0.465 e. The number of fused-ring (bicyclic) bond motifs is 1. The number of hydrogen-bond donors (Lipinski definition) is 2. The number of halogens is 1. The summed E-state index contributed by atoms with van der Waals surface area (Å²) in [6.45, 7) is 7.85. The Hall–Kier alpha value is -4.18. The second-order valence-corrected chi connectivity index (χ2v) is 12.0. The average Bonchev–Trinajstić information content (AvgIpc) is 3.50. The molecule has 0 unspecified atom stereocenters. The third-order valence-electron chi connectivity index (χ3n) is 7.12. The van der Waals surface area contributed by atoms with Crippen LogP contribution >= 0.6 is 11.3 Å². The number of nitrogens with one attached hydrogen (secondary N) is 1. The van der Waals surface area contributed by atoms with Gasteiger partial charge in [0.05, 0.1) is 17.4 Å². The maximum atomic E-state index is 14.1. The van der Waals surface area contributed by atoms with Crippen LogP contribution in [0.25, 0.3) is 15.9 Å². The van der Waals surface area contributed by atoms with Gasteiger partial charge in [-0.15, -0.1) is 11.3 Å². The predicted molar refractivity (Wildman–Crippen MR) is 156 cm³/mol. The number of nitrogens with zero attached hydrogens (tertiary/aromatic N) is 3. The van der Waals surface area contributed by atoms with Crippen LogP contribution in [-0.4, -0.2) is 56.1 Å². The van der Waals surface area contributed by atoms with E-state index in [1.807, 2.05) is 51.1 Å². The zero-order chi connectivity index (χ0) is 28.8. The molecule has 2 amide bonds. The van der Waals surface area contributed by atoms with E-state index >= 15 is 0 Å². The Morgan fingerprint density at radius 2 is 1.82 bits per heavy atom. The van der Waals surface area contributed by atoms with Gasteiger partial charge in [-0.3, -0.25) is 19.1 Å². The van der Waals surface area contributed by atoms with Crippen LogP contribution in [0.1, 0.15) is 42.4 Å². The number of thiophene rings is 1. The zero-order valence-corrected chi connectivity index (χ0v) is 23.6. The van der Waals surface area contributed by atoms with Crippen molar-refractivity contribution in [3.8, 4) is 5.69 Å². The SMILES string of the molecule is Cc1cc(Nc2c(C(=O)N3CC[C@H](N(C(=O)O)C(C)(C)C)C3)sc3c2ccc(=O)n3-c2ccccc2)ccc1F. The first-order valence-corrected chi connectivity index (χ1v) is 13.9. The van der Waals surface area contributed by atoms with Gasteiger partial charge in [0.15, 0.2) is 0 Å². The fraction of sp³-hybridized carbons (Fsp3) is 0.300. The molecule has 0 saturated carbocycles. The Morgan fingerprint density at radius 3 is 2.48 bits per heavy atom. The fourth-order valence-corrected chi connectivity index (χ4v) is 6.56. The molecule has 0 aliphatic carbocycles. The maximum Gasteiger partial charge on any atom is 0.408 e. The normalized spacial score (nSPS) is 15.4. The van der Waals surface area contributed by atoms with Crippen molar-refractivity contribution in [3.63, 3.8) is 0 Å². The van der Waals surface area contributed by atoms with Crippen molar-refractivity contribution in [2.24, 2.45) is 0 Å². The van der Waals surface area contributed by atoms with Gasteiger partial charge in [0.2, 0.25) is 0 Å². The number of rotatable bonds is 5. The highest BCUT2D eigenvalue weighted by Gasteiger charge is 2.39. The smallest absolute Gasteiger partial charge is 0.408 e. The van der Waals surface area contributed by atoms with E-state index < -0.39 is 11.6 Å². The van der Waals surface area contributed by atoms with Crippen LogP contribution in [0.15, 0.2) is 65.5 Å². The van der Waals surface area contributed by atoms with Gasteiger partial charge in [0.1, 0.15) is 15.5 Å². The van der Waals surface area contributed by atoms with E-state index in [2.05, 4.69) is 5.32 Å². The number of pyridine rings is 1. The molecule has 1 aliphatic heterocycles. The van der Waals surface area contributed by atoms with Gasteiger partial charge in [-0.1, -0.05) is 18.2 Å². The number of likely N-dealkylation sites (tertiary alicyclic amines) is 1. The minimum absolute atomic E-state index is 0.230. The average molecular weight is 563 g/mol. The Balaban J connectivity index is 1.61. The minimum atomic E-state index is -1.02. The lowest BCUT2D eigenvalue weighted by atomic mass is 10.0. The maximum absolute atomic E-state index is 14.1. The van der Waals surface area contributed by atoms with Gasteiger partial charge in [0, 0.05) is 35.8 Å². The van der Waals surface area contributed by atoms with Crippen molar-refractivity contribution in [2.45, 2.75) is 45.7 Å². The molecule has 2 aromatic heterocycles. The first-order valence-electron chi connectivity index (χ1n) is 13.0. The van der Waals surface area contributed by atoms with Crippen LogP contribution in [0.5, 0.6) is 0 Å². The summed E-state index contributed by atoms with van der Waals surface area (Å²) in [4.78, 5) is 43.2. The molecule has 3 heterocycles. The molecule has 5 rings (SSSR count). The highest BCUT2D eigenvalue weighted by Crippen LogP contribution is 2.39. The van der Waals surface area contributed by atoms with Gasteiger partial charge in [-0.2, -0.15) is 0 Å². The topological polar surface area (TPSA) is 94.9 Å². The molecular weight excluding hydrogens is 531 g/mol. The molecule has 1 aliphatic rings. The van der Waals surface area contributed by atoms with Gasteiger partial charge >= 0.3 is 6.09 Å². The molecule has 2 aromatic carbocycles. The molecule has 1 fully saturated rings. The summed E-state index contributed by atoms with van der Waals surface area (Å²) >= 11 is 1.21. The first kappa shape index (κ1) is 27.4. The van der Waals surface area contributed by atoms with E-state index in [9.17, 15) is 23.9 Å². The van der Waals surface area contributed by atoms with E-state index in [-0.39, 0.29) is 29.9 Å². The number of para-hydroxylation sites is 1. The van der Waals surface area contributed by atoms with Gasteiger partial charge in [-0.25, -0.2) is 9.18 Å². The van der Waals surface area contributed by atoms with Crippen molar-refractivity contribution < 1.29 is 19.1 Å². The highest BCUT2D eigenvalue weighted by molar-refractivity contribution is 7.21. The molecule has 8 nitrogen and oxygen atoms in total. The van der Waals surface area contributed by atoms with Crippen molar-refractivity contribution >= 4 is 44.9 Å². The van der Waals surface area contributed by atoms with Crippen molar-refractivity contribution in [1.82, 2.24) is 14.4 Å². The molecule has 0 radical (unpaired) electrons. The van der Waals surface area contributed by atoms with E-state index in [1.54, 1.807) is 34.6 Å². The molecule has 1 atom stereocenters. The number of aryl methyl sites for hydroxylation is 1. The Bertz CT molecular complexity index is 1660. The molecule has 1 saturated heterocycles. The lowest BCUT2D eigenvalue weighted by molar-refractivity contribution is 0.0652. The fourth-order valence-electron chi connectivity index (χ4n) is 5.32. The number of amides is 2. The molecule has 40 heavy (non-hydrogen) atoms. The van der Waals surface area contributed by atoms with Crippen molar-refractivity contribution in [3.05, 3.63) is 87.3 Å². The summed E-state index contributed by atoms with van der Waals surface area (Å²) in [7, 11) is 0. The Labute approximate surface area is 235 Å². The van der Waals surface area contributed by atoms with Crippen LogP contribution < -0.4 is 10.9 Å². The third-order valence-corrected chi connectivity index (χ3v) is 8.30. The largest absolute Gasteiger partial charge is 0.465 e. The summed E-state index contributed by atoms with van der Waals surface area (Å²) in [5.41, 5.74) is 1.41. The van der Waals surface area contributed by atoms with E-state index in [1.165, 1.54) is 28.4 Å². The molecule has 0 spiro atoms. The predicted octanol–water partition coefficient (Wildman–Crippen LogP) is 6.24. The monoisotopic (exact) mass is 562 g/mol. The van der Waals surface area contributed by atoms with Crippen molar-refractivity contribution in [1.29, 1.82) is 0 Å². The third kappa shape index (κ3) is 5.06. The second kappa shape index (κ2) is 10.4. The Kier molecular flexibility index (Phi) is 7.14. The first-order chi connectivity index (χ1) is 19.0. The molecule has 0 bridgehead atoms. The number of aromatic nitrogens is 1. The highest BCUT2D eigenvalue weighted by atomic mass is 32.1. The number of carbonyl (C=O) groups excluding carboxylic acids is 1. The van der Waals surface area contributed by atoms with Crippen LogP contribution in [0, 0.1) is 12.7 Å². The number of benzene rings is 2. The van der Waals surface area contributed by atoms with Crippen LogP contribution in [0.3, 0.4) is 0 Å². The van der Waals surface area contributed by atoms with E-state index in [0.717, 1.165) is 0 Å². The van der Waals surface area contributed by atoms with Gasteiger partial charge in [-0.05, 0) is 76.1 Å². The van der Waals surface area contributed by atoms with Crippen molar-refractivity contribution in [2.75, 3.05) is 18.4 Å². The van der Waals surface area contributed by atoms with Gasteiger partial charge in [0.25, 0.3) is 11.5 Å². The standard InChI is InChI=1S/C30H31FN4O4S/c1-18-16-19(10-12-23(18)31)32-25-22-11-13-24(36)34(20-8-6-5-7-9-20)28(22)40-26(25)27(37)33-15-14-21(17-33)35(29(38)39)30(2,3)4/h5-13,16,21,32H,14-15,17H2,1-4H3,(H,38,39)/t21-/m0/s1. The summed E-state index contributed by atoms with van der Waals surface area (Å²) in [5, 5.41) is 13.9.